The maximum Gasteiger partial charge on any atom is 0.348 e. The summed E-state index contributed by atoms with van der Waals surface area (Å²) >= 11 is 0. The number of carbonyl (C=O) groups is 3. The number of carboxylic acids is 1. The number of esters is 2. The number of aliphatic carboxylic acids is 1. The third-order valence-corrected chi connectivity index (χ3v) is 9.30. The van der Waals surface area contributed by atoms with Gasteiger partial charge >= 0.3 is 17.9 Å². The van der Waals surface area contributed by atoms with E-state index in [9.17, 15) is 19.5 Å². The molecule has 11 unspecified atom stereocenters. The van der Waals surface area contributed by atoms with E-state index < -0.39 is 41.3 Å². The SMILES string of the molecule is CC1C(C)C2CC1C1C3CC(C(C(=O)OC4C(=O)OCC4(C)C)C3C(=O)O)C21. The van der Waals surface area contributed by atoms with Crippen LogP contribution in [0.5, 0.6) is 0 Å². The van der Waals surface area contributed by atoms with Gasteiger partial charge < -0.3 is 14.6 Å². The molecule has 1 N–H and O–H groups in total. The summed E-state index contributed by atoms with van der Waals surface area (Å²) in [5.74, 6) is 0.284. The van der Waals surface area contributed by atoms with Crippen molar-refractivity contribution in [2.24, 2.45) is 64.6 Å². The molecular weight excluding hydrogens is 360 g/mol. The minimum Gasteiger partial charge on any atom is -0.481 e. The van der Waals surface area contributed by atoms with Crippen molar-refractivity contribution >= 4 is 17.9 Å². The molecule has 4 saturated carbocycles. The van der Waals surface area contributed by atoms with Gasteiger partial charge in [-0.05, 0) is 60.2 Å². The van der Waals surface area contributed by atoms with Crippen LogP contribution in [0.3, 0.4) is 0 Å². The highest BCUT2D eigenvalue weighted by Crippen LogP contribution is 2.72. The van der Waals surface area contributed by atoms with Crippen LogP contribution in [0.4, 0.5) is 0 Å². The Morgan fingerprint density at radius 3 is 2.04 bits per heavy atom. The van der Waals surface area contributed by atoms with Crippen molar-refractivity contribution in [3.8, 4) is 0 Å². The largest absolute Gasteiger partial charge is 0.481 e. The first-order valence-electron chi connectivity index (χ1n) is 10.7. The van der Waals surface area contributed by atoms with Crippen molar-refractivity contribution in [1.82, 2.24) is 0 Å². The van der Waals surface area contributed by atoms with E-state index in [2.05, 4.69) is 13.8 Å². The molecule has 154 valence electrons. The van der Waals surface area contributed by atoms with Crippen LogP contribution < -0.4 is 0 Å². The second-order valence-corrected chi connectivity index (χ2v) is 10.8. The van der Waals surface area contributed by atoms with Crippen LogP contribution in [-0.2, 0) is 23.9 Å². The fourth-order valence-corrected chi connectivity index (χ4v) is 8.04. The van der Waals surface area contributed by atoms with E-state index in [4.69, 9.17) is 9.47 Å². The molecule has 11 atom stereocenters. The molecule has 1 aliphatic heterocycles. The van der Waals surface area contributed by atoms with Gasteiger partial charge in [0.15, 0.2) is 0 Å². The van der Waals surface area contributed by atoms with Gasteiger partial charge in [-0.25, -0.2) is 4.79 Å². The highest BCUT2D eigenvalue weighted by atomic mass is 16.6. The molecule has 6 nitrogen and oxygen atoms in total. The monoisotopic (exact) mass is 390 g/mol. The Balaban J connectivity index is 1.43. The average Bonchev–Trinajstić information content (AvgIpc) is 3.38. The second kappa shape index (κ2) is 5.73. The third-order valence-electron chi connectivity index (χ3n) is 9.30. The highest BCUT2D eigenvalue weighted by molar-refractivity contribution is 5.86. The zero-order valence-electron chi connectivity index (χ0n) is 17.0. The van der Waals surface area contributed by atoms with E-state index in [0.29, 0.717) is 35.5 Å². The summed E-state index contributed by atoms with van der Waals surface area (Å²) in [5, 5.41) is 9.98. The number of fused-ring (bicyclic) bond motifs is 9. The minimum absolute atomic E-state index is 0.0681. The van der Waals surface area contributed by atoms with E-state index >= 15 is 0 Å². The molecule has 0 spiro atoms. The lowest BCUT2D eigenvalue weighted by atomic mass is 9.59. The molecule has 5 rings (SSSR count). The number of cyclic esters (lactones) is 1. The fraction of sp³-hybridized carbons (Fsp3) is 0.864. The van der Waals surface area contributed by atoms with Crippen molar-refractivity contribution < 1.29 is 29.0 Å². The lowest BCUT2D eigenvalue weighted by Crippen LogP contribution is -2.48. The van der Waals surface area contributed by atoms with Gasteiger partial charge in [-0.3, -0.25) is 9.59 Å². The highest BCUT2D eigenvalue weighted by Gasteiger charge is 2.71. The number of carboxylic acid groups (broad SMARTS) is 1. The first kappa shape index (κ1) is 18.4. The van der Waals surface area contributed by atoms with Crippen molar-refractivity contribution in [2.45, 2.75) is 46.6 Å². The maximum absolute atomic E-state index is 13.2. The lowest BCUT2D eigenvalue weighted by Gasteiger charge is -2.45. The molecule has 6 heteroatoms. The van der Waals surface area contributed by atoms with Gasteiger partial charge in [0.25, 0.3) is 0 Å². The topological polar surface area (TPSA) is 89.9 Å². The van der Waals surface area contributed by atoms with Crippen LogP contribution in [0.2, 0.25) is 0 Å². The van der Waals surface area contributed by atoms with Crippen LogP contribution in [0, 0.1) is 64.6 Å². The van der Waals surface area contributed by atoms with E-state index in [-0.39, 0.29) is 18.4 Å². The molecule has 1 heterocycles. The number of carbonyl (C=O) groups excluding carboxylic acids is 2. The summed E-state index contributed by atoms with van der Waals surface area (Å²) in [4.78, 5) is 37.4. The Morgan fingerprint density at radius 2 is 1.54 bits per heavy atom. The molecule has 4 bridgehead atoms. The van der Waals surface area contributed by atoms with Crippen LogP contribution in [0.25, 0.3) is 0 Å². The summed E-state index contributed by atoms with van der Waals surface area (Å²) in [6.07, 6.45) is 1.06. The van der Waals surface area contributed by atoms with Gasteiger partial charge in [0.2, 0.25) is 6.10 Å². The lowest BCUT2D eigenvalue weighted by molar-refractivity contribution is -0.175. The van der Waals surface area contributed by atoms with Gasteiger partial charge in [-0.15, -0.1) is 0 Å². The van der Waals surface area contributed by atoms with E-state index in [1.54, 1.807) is 0 Å². The van der Waals surface area contributed by atoms with Gasteiger partial charge in [0.1, 0.15) is 6.61 Å². The molecule has 0 aromatic rings. The molecule has 1 saturated heterocycles. The number of hydrogen-bond donors (Lipinski definition) is 1. The number of hydrogen-bond acceptors (Lipinski definition) is 5. The summed E-state index contributed by atoms with van der Waals surface area (Å²) in [7, 11) is 0. The Hall–Kier alpha value is -1.59. The van der Waals surface area contributed by atoms with Gasteiger partial charge in [-0.1, -0.05) is 27.7 Å². The molecule has 28 heavy (non-hydrogen) atoms. The van der Waals surface area contributed by atoms with Crippen molar-refractivity contribution in [2.75, 3.05) is 6.61 Å². The Kier molecular flexibility index (Phi) is 3.77. The zero-order valence-corrected chi connectivity index (χ0v) is 17.0. The van der Waals surface area contributed by atoms with Crippen molar-refractivity contribution in [3.05, 3.63) is 0 Å². The average molecular weight is 390 g/mol. The van der Waals surface area contributed by atoms with Gasteiger partial charge in [0, 0.05) is 5.41 Å². The predicted octanol–water partition coefficient (Wildman–Crippen LogP) is 2.60. The second-order valence-electron chi connectivity index (χ2n) is 10.8. The quantitative estimate of drug-likeness (QED) is 0.588. The van der Waals surface area contributed by atoms with Crippen molar-refractivity contribution in [1.29, 1.82) is 0 Å². The first-order chi connectivity index (χ1) is 13.1. The standard InChI is InChI=1S/C22H30O6/c1-8-9(2)11-5-10(8)14-12-6-13(15(11)14)17(16(12)19(23)24)20(25)28-18-21(26)27-7-22(18,3)4/h8-18H,5-7H2,1-4H3,(H,23,24). The fourth-order valence-electron chi connectivity index (χ4n) is 8.04. The van der Waals surface area contributed by atoms with Crippen LogP contribution in [-0.4, -0.2) is 35.7 Å². The van der Waals surface area contributed by atoms with Gasteiger partial charge in [0.05, 0.1) is 11.8 Å². The van der Waals surface area contributed by atoms with Crippen LogP contribution in [0.1, 0.15) is 40.5 Å². The van der Waals surface area contributed by atoms with Gasteiger partial charge in [-0.2, -0.15) is 0 Å². The van der Waals surface area contributed by atoms with E-state index in [1.807, 2.05) is 13.8 Å². The summed E-state index contributed by atoms with van der Waals surface area (Å²) in [6.45, 7) is 8.51. The van der Waals surface area contributed by atoms with E-state index in [0.717, 1.165) is 6.42 Å². The molecular formula is C22H30O6. The first-order valence-corrected chi connectivity index (χ1v) is 10.7. The smallest absolute Gasteiger partial charge is 0.348 e. The van der Waals surface area contributed by atoms with Crippen LogP contribution >= 0.6 is 0 Å². The molecule has 5 fully saturated rings. The molecule has 0 aromatic heterocycles. The third kappa shape index (κ3) is 2.18. The minimum atomic E-state index is -0.941. The molecule has 4 aliphatic carbocycles. The normalized spacial score (nSPS) is 52.6. The van der Waals surface area contributed by atoms with E-state index in [1.165, 1.54) is 6.42 Å². The Morgan fingerprint density at radius 1 is 1.00 bits per heavy atom. The summed E-state index contributed by atoms with van der Waals surface area (Å²) in [5.41, 5.74) is -0.581. The van der Waals surface area contributed by atoms with Crippen LogP contribution in [0.15, 0.2) is 0 Å². The molecule has 0 aromatic carbocycles. The molecule has 0 radical (unpaired) electrons. The summed E-state index contributed by atoms with van der Waals surface area (Å²) in [6, 6.07) is 0. The Bertz CT molecular complexity index is 743. The molecule has 5 aliphatic rings. The molecule has 0 amide bonds. The maximum atomic E-state index is 13.2. The zero-order chi connectivity index (χ0) is 20.1. The predicted molar refractivity (Wildman–Crippen MR) is 97.7 cm³/mol. The Labute approximate surface area is 165 Å². The van der Waals surface area contributed by atoms with Crippen molar-refractivity contribution in [3.63, 3.8) is 0 Å². The number of ether oxygens (including phenoxy) is 2. The number of rotatable bonds is 3. The summed E-state index contributed by atoms with van der Waals surface area (Å²) < 4.78 is 10.7.